The average Bonchev–Trinajstić information content (AvgIpc) is 2.67. The van der Waals surface area contributed by atoms with Gasteiger partial charge in [0, 0.05) is 0 Å². The summed E-state index contributed by atoms with van der Waals surface area (Å²) in [6.45, 7) is 4.48. The summed E-state index contributed by atoms with van der Waals surface area (Å²) in [4.78, 5) is 23.3. The van der Waals surface area contributed by atoms with Gasteiger partial charge >= 0.3 is 5.97 Å². The predicted molar refractivity (Wildman–Crippen MR) is 60.0 cm³/mol. The van der Waals surface area contributed by atoms with Gasteiger partial charge in [-0.3, -0.25) is 4.79 Å². The van der Waals surface area contributed by atoms with E-state index in [1.54, 1.807) is 0 Å². The van der Waals surface area contributed by atoms with Crippen LogP contribution in [0.5, 0.6) is 0 Å². The van der Waals surface area contributed by atoms with Crippen LogP contribution >= 0.6 is 0 Å². The minimum absolute atomic E-state index is 0.0754. The van der Waals surface area contributed by atoms with Gasteiger partial charge in [0.1, 0.15) is 0 Å². The highest BCUT2D eigenvalue weighted by Gasteiger charge is 2.46. The molecule has 0 aromatic carbocycles. The summed E-state index contributed by atoms with van der Waals surface area (Å²) >= 11 is 0. The zero-order chi connectivity index (χ0) is 12.3. The molecule has 2 atom stereocenters. The van der Waals surface area contributed by atoms with Gasteiger partial charge in [0.25, 0.3) is 0 Å². The molecule has 1 aliphatic heterocycles. The average molecular weight is 228 g/mol. The maximum Gasteiger partial charge on any atom is 0.331 e. The lowest BCUT2D eigenvalue weighted by Crippen LogP contribution is -2.60. The van der Waals surface area contributed by atoms with Crippen LogP contribution in [0.1, 0.15) is 33.1 Å². The van der Waals surface area contributed by atoms with Crippen molar-refractivity contribution < 1.29 is 14.7 Å². The number of rotatable bonds is 5. The fourth-order valence-electron chi connectivity index (χ4n) is 2.16. The van der Waals surface area contributed by atoms with E-state index in [-0.39, 0.29) is 24.2 Å². The third-order valence-electron chi connectivity index (χ3n) is 2.93. The summed E-state index contributed by atoms with van der Waals surface area (Å²) in [6.07, 6.45) is 1.76. The van der Waals surface area contributed by atoms with Gasteiger partial charge in [0.2, 0.25) is 0 Å². The van der Waals surface area contributed by atoms with Crippen LogP contribution in [0.25, 0.3) is 0 Å². The molecule has 1 fully saturated rings. The first-order chi connectivity index (χ1) is 7.38. The molecule has 0 aromatic heterocycles. The maximum absolute atomic E-state index is 12.1. The van der Waals surface area contributed by atoms with Crippen LogP contribution < -0.4 is 11.1 Å². The van der Waals surface area contributed by atoms with E-state index in [0.717, 1.165) is 13.0 Å². The van der Waals surface area contributed by atoms with Crippen molar-refractivity contribution in [3.05, 3.63) is 0 Å². The lowest BCUT2D eigenvalue weighted by molar-refractivity contribution is -0.149. The minimum Gasteiger partial charge on any atom is -0.480 e. The number of hydrogen-bond acceptors (Lipinski definition) is 4. The molecule has 0 aromatic rings. The fraction of sp³-hybridized carbons (Fsp3) is 0.818. The number of ketones is 1. The second-order valence-electron chi connectivity index (χ2n) is 4.89. The van der Waals surface area contributed by atoms with Crippen molar-refractivity contribution in [3.8, 4) is 0 Å². The highest BCUT2D eigenvalue weighted by molar-refractivity contribution is 6.10. The Morgan fingerprint density at radius 2 is 2.19 bits per heavy atom. The summed E-state index contributed by atoms with van der Waals surface area (Å²) in [5.74, 6) is -1.53. The van der Waals surface area contributed by atoms with Crippen molar-refractivity contribution >= 4 is 11.8 Å². The molecule has 1 rings (SSSR count). The molecule has 0 aliphatic carbocycles. The highest BCUT2D eigenvalue weighted by Crippen LogP contribution is 2.20. The van der Waals surface area contributed by atoms with Gasteiger partial charge in [-0.15, -0.1) is 0 Å². The molecule has 0 saturated carbocycles. The standard InChI is InChI=1S/C11H20N2O3/c1-7(2)6-11(12,10(15)16)9(14)8-4-3-5-13-8/h7-8,13H,3-6,12H2,1-2H3,(H,15,16). The molecular formula is C11H20N2O3. The van der Waals surface area contributed by atoms with Crippen LogP contribution in [0.2, 0.25) is 0 Å². The third kappa shape index (κ3) is 2.59. The number of carbonyl (C=O) groups excluding carboxylic acids is 1. The Hall–Kier alpha value is -0.940. The van der Waals surface area contributed by atoms with E-state index < -0.39 is 11.5 Å². The van der Waals surface area contributed by atoms with Gasteiger partial charge in [-0.2, -0.15) is 0 Å². The number of aliphatic carboxylic acids is 1. The van der Waals surface area contributed by atoms with Crippen LogP contribution in [0, 0.1) is 5.92 Å². The van der Waals surface area contributed by atoms with Gasteiger partial charge < -0.3 is 16.2 Å². The first-order valence-electron chi connectivity index (χ1n) is 5.68. The number of Topliss-reactive ketones (excluding diaryl/α,β-unsaturated/α-hetero) is 1. The van der Waals surface area contributed by atoms with Crippen molar-refractivity contribution in [2.24, 2.45) is 11.7 Å². The second-order valence-corrected chi connectivity index (χ2v) is 4.89. The van der Waals surface area contributed by atoms with E-state index in [9.17, 15) is 9.59 Å². The monoisotopic (exact) mass is 228 g/mol. The van der Waals surface area contributed by atoms with Crippen molar-refractivity contribution in [2.75, 3.05) is 6.54 Å². The first kappa shape index (κ1) is 13.1. The molecule has 0 spiro atoms. The molecule has 16 heavy (non-hydrogen) atoms. The number of carboxylic acid groups (broad SMARTS) is 1. The van der Waals surface area contributed by atoms with Gasteiger partial charge in [-0.25, -0.2) is 4.79 Å². The van der Waals surface area contributed by atoms with Crippen LogP contribution in [0.4, 0.5) is 0 Å². The van der Waals surface area contributed by atoms with Crippen molar-refractivity contribution in [1.82, 2.24) is 5.32 Å². The van der Waals surface area contributed by atoms with Gasteiger partial charge in [0.15, 0.2) is 11.3 Å². The molecule has 5 heteroatoms. The largest absolute Gasteiger partial charge is 0.480 e. The molecule has 0 bridgehead atoms. The smallest absolute Gasteiger partial charge is 0.331 e. The third-order valence-corrected chi connectivity index (χ3v) is 2.93. The molecule has 1 aliphatic rings. The Balaban J connectivity index is 2.83. The topological polar surface area (TPSA) is 92.4 Å². The highest BCUT2D eigenvalue weighted by atomic mass is 16.4. The van der Waals surface area contributed by atoms with Crippen LogP contribution in [0.3, 0.4) is 0 Å². The summed E-state index contributed by atoms with van der Waals surface area (Å²) in [5, 5.41) is 12.1. The summed E-state index contributed by atoms with van der Waals surface area (Å²) in [6, 6.07) is -0.389. The van der Waals surface area contributed by atoms with Crippen LogP contribution in [-0.2, 0) is 9.59 Å². The SMILES string of the molecule is CC(C)CC(N)(C(=O)O)C(=O)C1CCCN1. The summed E-state index contributed by atoms with van der Waals surface area (Å²) < 4.78 is 0. The number of carbonyl (C=O) groups is 2. The molecule has 1 saturated heterocycles. The molecule has 4 N–H and O–H groups in total. The van der Waals surface area contributed by atoms with Crippen molar-refractivity contribution in [2.45, 2.75) is 44.7 Å². The molecule has 0 radical (unpaired) electrons. The van der Waals surface area contributed by atoms with E-state index in [1.807, 2.05) is 13.8 Å². The number of nitrogens with two attached hydrogens (primary N) is 1. The van der Waals surface area contributed by atoms with E-state index in [1.165, 1.54) is 0 Å². The normalized spacial score (nSPS) is 24.4. The number of hydrogen-bond donors (Lipinski definition) is 3. The quantitative estimate of drug-likeness (QED) is 0.582. The van der Waals surface area contributed by atoms with Crippen LogP contribution in [-0.4, -0.2) is 35.0 Å². The molecular weight excluding hydrogens is 208 g/mol. The number of carboxylic acids is 1. The van der Waals surface area contributed by atoms with Crippen molar-refractivity contribution in [1.29, 1.82) is 0 Å². The van der Waals surface area contributed by atoms with Gasteiger partial charge in [-0.1, -0.05) is 13.8 Å². The Labute approximate surface area is 95.4 Å². The summed E-state index contributed by atoms with van der Waals surface area (Å²) in [7, 11) is 0. The zero-order valence-electron chi connectivity index (χ0n) is 9.82. The predicted octanol–water partition coefficient (Wildman–Crippen LogP) is 0.136. The van der Waals surface area contributed by atoms with Gasteiger partial charge in [0.05, 0.1) is 6.04 Å². The number of nitrogens with one attached hydrogen (secondary N) is 1. The van der Waals surface area contributed by atoms with E-state index >= 15 is 0 Å². The zero-order valence-corrected chi connectivity index (χ0v) is 9.82. The minimum atomic E-state index is -1.74. The Kier molecular flexibility index (Phi) is 4.04. The first-order valence-corrected chi connectivity index (χ1v) is 5.68. The maximum atomic E-state index is 12.1. The van der Waals surface area contributed by atoms with E-state index in [4.69, 9.17) is 10.8 Å². The van der Waals surface area contributed by atoms with Crippen LogP contribution in [0.15, 0.2) is 0 Å². The Morgan fingerprint density at radius 3 is 2.56 bits per heavy atom. The van der Waals surface area contributed by atoms with Gasteiger partial charge in [-0.05, 0) is 31.7 Å². The van der Waals surface area contributed by atoms with E-state index in [2.05, 4.69) is 5.32 Å². The lowest BCUT2D eigenvalue weighted by Gasteiger charge is -2.27. The molecule has 2 unspecified atom stereocenters. The molecule has 5 nitrogen and oxygen atoms in total. The lowest BCUT2D eigenvalue weighted by atomic mass is 9.82. The summed E-state index contributed by atoms with van der Waals surface area (Å²) in [5.41, 5.74) is 4.04. The Bertz CT molecular complexity index is 285. The van der Waals surface area contributed by atoms with E-state index in [0.29, 0.717) is 6.42 Å². The molecule has 1 heterocycles. The Morgan fingerprint density at radius 1 is 1.56 bits per heavy atom. The van der Waals surface area contributed by atoms with Crippen molar-refractivity contribution in [3.63, 3.8) is 0 Å². The molecule has 0 amide bonds. The second kappa shape index (κ2) is 4.93. The fourth-order valence-corrected chi connectivity index (χ4v) is 2.16. The molecule has 92 valence electrons.